The van der Waals surface area contributed by atoms with Gasteiger partial charge in [-0.3, -0.25) is 4.79 Å². The second kappa shape index (κ2) is 7.24. The van der Waals surface area contributed by atoms with Crippen molar-refractivity contribution in [1.82, 2.24) is 10.2 Å². The molecule has 4 heteroatoms. The number of hydrogen-bond donors (Lipinski definition) is 1. The van der Waals surface area contributed by atoms with E-state index in [-0.39, 0.29) is 5.91 Å². The van der Waals surface area contributed by atoms with Crippen LogP contribution >= 0.6 is 0 Å². The standard InChI is InChI=1S/C12H21N3O/c1-15(9-3-7-13)12(16)6-5-11-4-2-8-14-10-11/h11,14H,2-6,8-10H2,1H3. The maximum atomic E-state index is 11.7. The maximum Gasteiger partial charge on any atom is 0.222 e. The van der Waals surface area contributed by atoms with Crippen LogP contribution in [0.15, 0.2) is 0 Å². The molecule has 0 radical (unpaired) electrons. The van der Waals surface area contributed by atoms with Crippen molar-refractivity contribution in [2.45, 2.75) is 32.1 Å². The molecule has 0 aromatic rings. The molecule has 1 unspecified atom stereocenters. The lowest BCUT2D eigenvalue weighted by atomic mass is 9.94. The molecular weight excluding hydrogens is 202 g/mol. The highest BCUT2D eigenvalue weighted by Crippen LogP contribution is 2.16. The smallest absolute Gasteiger partial charge is 0.222 e. The molecule has 1 fully saturated rings. The zero-order valence-electron chi connectivity index (χ0n) is 10.0. The Morgan fingerprint density at radius 1 is 1.62 bits per heavy atom. The van der Waals surface area contributed by atoms with Crippen LogP contribution in [0.1, 0.15) is 32.1 Å². The van der Waals surface area contributed by atoms with Crippen LogP contribution in [0.3, 0.4) is 0 Å². The number of carbonyl (C=O) groups excluding carboxylic acids is 1. The van der Waals surface area contributed by atoms with Crippen molar-refractivity contribution in [1.29, 1.82) is 5.26 Å². The van der Waals surface area contributed by atoms with Crippen molar-refractivity contribution in [2.75, 3.05) is 26.7 Å². The third-order valence-electron chi connectivity index (χ3n) is 3.15. The molecule has 0 aliphatic carbocycles. The van der Waals surface area contributed by atoms with Gasteiger partial charge in [-0.05, 0) is 38.3 Å². The van der Waals surface area contributed by atoms with Crippen LogP contribution in [-0.2, 0) is 4.79 Å². The Bertz CT molecular complexity index is 253. The summed E-state index contributed by atoms with van der Waals surface area (Å²) in [6, 6.07) is 2.06. The molecule has 1 aliphatic rings. The molecule has 1 amide bonds. The summed E-state index contributed by atoms with van der Waals surface area (Å²) in [6.07, 6.45) is 4.48. The number of nitrogens with zero attached hydrogens (tertiary/aromatic N) is 2. The molecule has 16 heavy (non-hydrogen) atoms. The molecule has 1 N–H and O–H groups in total. The molecule has 0 saturated carbocycles. The van der Waals surface area contributed by atoms with Crippen LogP contribution in [0, 0.1) is 17.2 Å². The molecule has 0 bridgehead atoms. The second-order valence-corrected chi connectivity index (χ2v) is 4.47. The summed E-state index contributed by atoms with van der Waals surface area (Å²) in [5.74, 6) is 0.822. The van der Waals surface area contributed by atoms with Gasteiger partial charge in [-0.25, -0.2) is 0 Å². The van der Waals surface area contributed by atoms with Gasteiger partial charge in [-0.15, -0.1) is 0 Å². The second-order valence-electron chi connectivity index (χ2n) is 4.47. The van der Waals surface area contributed by atoms with Gasteiger partial charge >= 0.3 is 0 Å². The summed E-state index contributed by atoms with van der Waals surface area (Å²) < 4.78 is 0. The summed E-state index contributed by atoms with van der Waals surface area (Å²) >= 11 is 0. The molecule has 0 spiro atoms. The lowest BCUT2D eigenvalue weighted by Crippen LogP contribution is -2.32. The van der Waals surface area contributed by atoms with Crippen molar-refractivity contribution in [3.63, 3.8) is 0 Å². The van der Waals surface area contributed by atoms with Gasteiger partial charge in [-0.1, -0.05) is 0 Å². The molecule has 0 aromatic carbocycles. The first-order chi connectivity index (χ1) is 7.74. The topological polar surface area (TPSA) is 56.1 Å². The lowest BCUT2D eigenvalue weighted by Gasteiger charge is -2.23. The van der Waals surface area contributed by atoms with Crippen molar-refractivity contribution in [3.05, 3.63) is 0 Å². The number of amides is 1. The van der Waals surface area contributed by atoms with Gasteiger partial charge in [0.05, 0.1) is 12.5 Å². The molecule has 1 atom stereocenters. The van der Waals surface area contributed by atoms with E-state index in [4.69, 9.17) is 5.26 Å². The van der Waals surface area contributed by atoms with E-state index >= 15 is 0 Å². The van der Waals surface area contributed by atoms with E-state index in [1.165, 1.54) is 12.8 Å². The number of nitriles is 1. The highest BCUT2D eigenvalue weighted by Gasteiger charge is 2.15. The summed E-state index contributed by atoms with van der Waals surface area (Å²) in [5.41, 5.74) is 0. The normalized spacial score (nSPS) is 20.1. The van der Waals surface area contributed by atoms with E-state index in [1.54, 1.807) is 11.9 Å². The molecule has 1 aliphatic heterocycles. The van der Waals surface area contributed by atoms with Crippen LogP contribution < -0.4 is 5.32 Å². The highest BCUT2D eigenvalue weighted by molar-refractivity contribution is 5.75. The van der Waals surface area contributed by atoms with Gasteiger partial charge in [-0.2, -0.15) is 5.26 Å². The number of rotatable bonds is 5. The van der Waals surface area contributed by atoms with Crippen LogP contribution in [0.5, 0.6) is 0 Å². The molecular formula is C12H21N3O. The zero-order valence-corrected chi connectivity index (χ0v) is 10.0. The maximum absolute atomic E-state index is 11.7. The molecule has 0 aromatic heterocycles. The van der Waals surface area contributed by atoms with Gasteiger partial charge in [0.2, 0.25) is 5.91 Å². The molecule has 1 rings (SSSR count). The SMILES string of the molecule is CN(CCC#N)C(=O)CCC1CCCNC1. The Hall–Kier alpha value is -1.08. The molecule has 1 saturated heterocycles. The number of hydrogen-bond acceptors (Lipinski definition) is 3. The Balaban J connectivity index is 2.15. The average molecular weight is 223 g/mol. The van der Waals surface area contributed by atoms with Gasteiger partial charge < -0.3 is 10.2 Å². The summed E-state index contributed by atoms with van der Waals surface area (Å²) in [7, 11) is 1.78. The van der Waals surface area contributed by atoms with Crippen molar-refractivity contribution in [2.24, 2.45) is 5.92 Å². The van der Waals surface area contributed by atoms with E-state index in [1.807, 2.05) is 0 Å². The van der Waals surface area contributed by atoms with Crippen LogP contribution in [0.4, 0.5) is 0 Å². The van der Waals surface area contributed by atoms with E-state index < -0.39 is 0 Å². The van der Waals surface area contributed by atoms with E-state index in [0.29, 0.717) is 25.3 Å². The molecule has 90 valence electrons. The first-order valence-electron chi connectivity index (χ1n) is 6.05. The molecule has 1 heterocycles. The van der Waals surface area contributed by atoms with Crippen molar-refractivity contribution in [3.8, 4) is 6.07 Å². The quantitative estimate of drug-likeness (QED) is 0.760. The van der Waals surface area contributed by atoms with Gasteiger partial charge in [0.1, 0.15) is 0 Å². The third-order valence-corrected chi connectivity index (χ3v) is 3.15. The fourth-order valence-electron chi connectivity index (χ4n) is 2.03. The van der Waals surface area contributed by atoms with Crippen molar-refractivity contribution >= 4 is 5.91 Å². The highest BCUT2D eigenvalue weighted by atomic mass is 16.2. The van der Waals surface area contributed by atoms with Crippen LogP contribution in [0.25, 0.3) is 0 Å². The Morgan fingerprint density at radius 2 is 2.44 bits per heavy atom. The fraction of sp³-hybridized carbons (Fsp3) is 0.833. The molecule has 4 nitrogen and oxygen atoms in total. The van der Waals surface area contributed by atoms with Gasteiger partial charge in [0.25, 0.3) is 0 Å². The van der Waals surface area contributed by atoms with E-state index in [0.717, 1.165) is 19.5 Å². The Morgan fingerprint density at radius 3 is 3.06 bits per heavy atom. The minimum atomic E-state index is 0.167. The Labute approximate surface area is 97.6 Å². The average Bonchev–Trinajstić information content (AvgIpc) is 2.34. The van der Waals surface area contributed by atoms with Crippen LogP contribution in [-0.4, -0.2) is 37.5 Å². The predicted octanol–water partition coefficient (Wildman–Crippen LogP) is 1.14. The van der Waals surface area contributed by atoms with E-state index in [9.17, 15) is 4.79 Å². The third kappa shape index (κ3) is 4.63. The lowest BCUT2D eigenvalue weighted by molar-refractivity contribution is -0.130. The van der Waals surface area contributed by atoms with Crippen molar-refractivity contribution < 1.29 is 4.79 Å². The zero-order chi connectivity index (χ0) is 11.8. The van der Waals surface area contributed by atoms with Gasteiger partial charge in [0, 0.05) is 20.0 Å². The first-order valence-corrected chi connectivity index (χ1v) is 6.05. The van der Waals surface area contributed by atoms with Gasteiger partial charge in [0.15, 0.2) is 0 Å². The Kier molecular flexibility index (Phi) is 5.87. The number of nitrogens with one attached hydrogen (secondary N) is 1. The summed E-state index contributed by atoms with van der Waals surface area (Å²) in [4.78, 5) is 13.4. The number of carbonyl (C=O) groups is 1. The minimum absolute atomic E-state index is 0.167. The predicted molar refractivity (Wildman–Crippen MR) is 62.7 cm³/mol. The fourth-order valence-corrected chi connectivity index (χ4v) is 2.03. The number of piperidine rings is 1. The minimum Gasteiger partial charge on any atom is -0.345 e. The summed E-state index contributed by atoms with van der Waals surface area (Å²) in [5, 5.41) is 11.8. The van der Waals surface area contributed by atoms with E-state index in [2.05, 4.69) is 11.4 Å². The summed E-state index contributed by atoms with van der Waals surface area (Å²) in [6.45, 7) is 2.72. The van der Waals surface area contributed by atoms with Crippen LogP contribution in [0.2, 0.25) is 0 Å². The monoisotopic (exact) mass is 223 g/mol. The first kappa shape index (κ1) is 13.0. The largest absolute Gasteiger partial charge is 0.345 e.